The standard InChI is InChI=1S/C36H43NO7.2C2H6.CH4S/c1-23-16-30(43-28-12-14-37(15-13-28)35(39)44-36(3,4)5)17-24(2)34(23)26-9-7-8-25(18-26)21-41-29-10-11-31-27(19-33(38)40-6)22-42-32(31)20-29;3*1-2/h7-11,16-18,20,27-28H,12-15,19,21-22H2,1-6H3;2*1-2H3;2H,1H3. The largest absolute Gasteiger partial charge is 0.492 e. The van der Waals surface area contributed by atoms with Gasteiger partial charge in [0.1, 0.15) is 35.6 Å². The quantitative estimate of drug-likeness (QED) is 0.184. The molecule has 0 N–H and O–H groups in total. The van der Waals surface area contributed by atoms with Gasteiger partial charge < -0.3 is 28.6 Å². The minimum atomic E-state index is -0.496. The monoisotopic (exact) mass is 709 g/mol. The Kier molecular flexibility index (Phi) is 17.5. The summed E-state index contributed by atoms with van der Waals surface area (Å²) >= 11 is 3.53. The van der Waals surface area contributed by atoms with E-state index in [1.54, 1.807) is 11.2 Å². The molecule has 8 nitrogen and oxygen atoms in total. The van der Waals surface area contributed by atoms with Gasteiger partial charge in [-0.05, 0) is 93.0 Å². The number of ether oxygens (including phenoxy) is 5. The molecule has 1 atom stereocenters. The SMILES string of the molecule is CC.CC.COC(=O)CC1COc2cc(OCc3cccc(-c4c(C)cc(OC5CCN(C(=O)OC(C)(C)C)CC5)cc4C)c3)ccc21.CS. The Balaban J connectivity index is 0.00000137. The van der Waals surface area contributed by atoms with Crippen molar-refractivity contribution >= 4 is 24.7 Å². The van der Waals surface area contributed by atoms with Crippen molar-refractivity contribution in [3.63, 3.8) is 0 Å². The van der Waals surface area contributed by atoms with Gasteiger partial charge in [0.25, 0.3) is 0 Å². The third kappa shape index (κ3) is 12.2. The van der Waals surface area contributed by atoms with E-state index in [9.17, 15) is 9.59 Å². The van der Waals surface area contributed by atoms with Crippen molar-refractivity contribution in [3.8, 4) is 28.4 Å². The molecule has 276 valence electrons. The van der Waals surface area contributed by atoms with Gasteiger partial charge in [0.05, 0.1) is 20.1 Å². The molecule has 1 saturated heterocycles. The number of aryl methyl sites for hydroxylation is 2. The van der Waals surface area contributed by atoms with Crippen LogP contribution in [0.3, 0.4) is 0 Å². The molecular formula is C41H59NO7S. The zero-order valence-corrected chi connectivity index (χ0v) is 32.9. The summed E-state index contributed by atoms with van der Waals surface area (Å²) in [6.45, 7) is 20.0. The van der Waals surface area contributed by atoms with Crippen LogP contribution in [0.15, 0.2) is 54.6 Å². The third-order valence-corrected chi connectivity index (χ3v) is 8.03. The van der Waals surface area contributed by atoms with Crippen LogP contribution in [0.1, 0.15) is 95.9 Å². The van der Waals surface area contributed by atoms with E-state index in [4.69, 9.17) is 23.7 Å². The van der Waals surface area contributed by atoms with Crippen LogP contribution < -0.4 is 14.2 Å². The van der Waals surface area contributed by atoms with Gasteiger partial charge in [-0.3, -0.25) is 4.79 Å². The number of hydrogen-bond acceptors (Lipinski definition) is 8. The van der Waals surface area contributed by atoms with Gasteiger partial charge in [-0.25, -0.2) is 4.79 Å². The van der Waals surface area contributed by atoms with Gasteiger partial charge in [0.15, 0.2) is 0 Å². The average molecular weight is 710 g/mol. The van der Waals surface area contributed by atoms with Crippen LogP contribution in [-0.4, -0.2) is 61.7 Å². The zero-order valence-electron chi connectivity index (χ0n) is 32.1. The first kappa shape index (κ1) is 42.3. The summed E-state index contributed by atoms with van der Waals surface area (Å²) in [7, 11) is 1.40. The van der Waals surface area contributed by atoms with E-state index in [-0.39, 0.29) is 24.1 Å². The lowest BCUT2D eigenvalue weighted by atomic mass is 9.94. The summed E-state index contributed by atoms with van der Waals surface area (Å²) in [4.78, 5) is 25.9. The van der Waals surface area contributed by atoms with E-state index in [1.807, 2.05) is 66.7 Å². The first-order valence-electron chi connectivity index (χ1n) is 17.8. The Morgan fingerprint density at radius 2 is 1.54 bits per heavy atom. The van der Waals surface area contributed by atoms with Crippen molar-refractivity contribution in [1.82, 2.24) is 4.90 Å². The molecule has 0 aromatic heterocycles. The van der Waals surface area contributed by atoms with Gasteiger partial charge in [-0.15, -0.1) is 0 Å². The first-order chi connectivity index (χ1) is 24.0. The molecule has 50 heavy (non-hydrogen) atoms. The normalized spacial score (nSPS) is 15.0. The number of fused-ring (bicyclic) bond motifs is 1. The molecule has 1 amide bonds. The fourth-order valence-electron chi connectivity index (χ4n) is 5.91. The number of carbonyl (C=O) groups is 2. The Morgan fingerprint density at radius 1 is 0.900 bits per heavy atom. The summed E-state index contributed by atoms with van der Waals surface area (Å²) in [6.07, 6.45) is 3.34. The minimum Gasteiger partial charge on any atom is -0.492 e. The summed E-state index contributed by atoms with van der Waals surface area (Å²) in [6, 6.07) is 18.4. The number of methoxy groups -OCH3 is 1. The van der Waals surface area contributed by atoms with Crippen LogP contribution >= 0.6 is 12.6 Å². The van der Waals surface area contributed by atoms with Crippen molar-refractivity contribution in [1.29, 1.82) is 0 Å². The number of carbonyl (C=O) groups excluding carboxylic acids is 2. The number of benzene rings is 3. The Labute approximate surface area is 306 Å². The lowest BCUT2D eigenvalue weighted by Gasteiger charge is -2.33. The van der Waals surface area contributed by atoms with E-state index in [0.29, 0.717) is 32.7 Å². The fraction of sp³-hybridized carbons (Fsp3) is 0.512. The summed E-state index contributed by atoms with van der Waals surface area (Å²) < 4.78 is 28.7. The number of rotatable bonds is 8. The fourth-order valence-corrected chi connectivity index (χ4v) is 5.91. The van der Waals surface area contributed by atoms with E-state index in [0.717, 1.165) is 57.9 Å². The number of piperidine rings is 1. The van der Waals surface area contributed by atoms with Crippen molar-refractivity contribution in [2.75, 3.05) is 33.1 Å². The van der Waals surface area contributed by atoms with Gasteiger partial charge in [-0.2, -0.15) is 12.6 Å². The predicted molar refractivity (Wildman–Crippen MR) is 206 cm³/mol. The Hall–Kier alpha value is -3.85. The lowest BCUT2D eigenvalue weighted by molar-refractivity contribution is -0.141. The molecule has 1 fully saturated rings. The highest BCUT2D eigenvalue weighted by atomic mass is 32.1. The molecule has 0 saturated carbocycles. The smallest absolute Gasteiger partial charge is 0.410 e. The summed E-state index contributed by atoms with van der Waals surface area (Å²) in [5, 5.41) is 0. The molecule has 0 bridgehead atoms. The molecule has 5 rings (SSSR count). The summed E-state index contributed by atoms with van der Waals surface area (Å²) in [5.41, 5.74) is 6.16. The van der Waals surface area contributed by atoms with Gasteiger partial charge in [-0.1, -0.05) is 52.0 Å². The van der Waals surface area contributed by atoms with Crippen molar-refractivity contribution in [3.05, 3.63) is 76.9 Å². The van der Waals surface area contributed by atoms with Crippen molar-refractivity contribution in [2.24, 2.45) is 0 Å². The molecule has 3 aromatic rings. The Bertz CT molecular complexity index is 1490. The number of hydrogen-bond donors (Lipinski definition) is 1. The molecule has 0 aliphatic carbocycles. The molecule has 9 heteroatoms. The summed E-state index contributed by atoms with van der Waals surface area (Å²) in [5.74, 6) is 2.10. The predicted octanol–water partition coefficient (Wildman–Crippen LogP) is 9.97. The maximum Gasteiger partial charge on any atom is 0.410 e. The minimum absolute atomic E-state index is 0.00337. The van der Waals surface area contributed by atoms with Crippen LogP contribution in [0.2, 0.25) is 0 Å². The van der Waals surface area contributed by atoms with Gasteiger partial charge in [0.2, 0.25) is 0 Å². The number of likely N-dealkylation sites (tertiary alicyclic amines) is 1. The highest BCUT2D eigenvalue weighted by Crippen LogP contribution is 2.39. The first-order valence-corrected chi connectivity index (χ1v) is 18.6. The molecule has 0 spiro atoms. The average Bonchev–Trinajstić information content (AvgIpc) is 3.51. The second-order valence-electron chi connectivity index (χ2n) is 12.7. The van der Waals surface area contributed by atoms with Crippen LogP contribution in [0, 0.1) is 13.8 Å². The van der Waals surface area contributed by atoms with Crippen molar-refractivity contribution < 1.29 is 33.3 Å². The van der Waals surface area contributed by atoms with Gasteiger partial charge in [0, 0.05) is 43.5 Å². The van der Waals surface area contributed by atoms with Crippen LogP contribution in [-0.2, 0) is 20.9 Å². The van der Waals surface area contributed by atoms with Crippen LogP contribution in [0.4, 0.5) is 4.79 Å². The number of esters is 1. The van der Waals surface area contributed by atoms with Gasteiger partial charge >= 0.3 is 12.1 Å². The molecule has 2 aliphatic heterocycles. The zero-order chi connectivity index (χ0) is 37.4. The van der Waals surface area contributed by atoms with E-state index < -0.39 is 5.60 Å². The molecular weight excluding hydrogens is 651 g/mol. The number of nitrogens with zero attached hydrogens (tertiary/aromatic N) is 1. The Morgan fingerprint density at radius 3 is 2.14 bits per heavy atom. The second-order valence-corrected chi connectivity index (χ2v) is 12.7. The molecule has 2 heterocycles. The van der Waals surface area contributed by atoms with Crippen LogP contribution in [0.25, 0.3) is 11.1 Å². The lowest BCUT2D eigenvalue weighted by Crippen LogP contribution is -2.44. The molecule has 2 aliphatic rings. The van der Waals surface area contributed by atoms with E-state index in [2.05, 4.69) is 62.9 Å². The number of amides is 1. The maximum absolute atomic E-state index is 12.4. The second kappa shape index (κ2) is 20.7. The molecule has 0 radical (unpaired) electrons. The van der Waals surface area contributed by atoms with E-state index >= 15 is 0 Å². The highest BCUT2D eigenvalue weighted by Gasteiger charge is 2.29. The van der Waals surface area contributed by atoms with Crippen molar-refractivity contribution in [2.45, 2.75) is 106 Å². The molecule has 1 unspecified atom stereocenters. The number of thiol groups is 1. The highest BCUT2D eigenvalue weighted by molar-refractivity contribution is 7.79. The van der Waals surface area contributed by atoms with E-state index in [1.165, 1.54) is 12.7 Å². The third-order valence-electron chi connectivity index (χ3n) is 8.03. The maximum atomic E-state index is 12.4. The molecule has 3 aromatic carbocycles. The topological polar surface area (TPSA) is 83.5 Å². The van der Waals surface area contributed by atoms with Crippen LogP contribution in [0.5, 0.6) is 17.2 Å².